The van der Waals surface area contributed by atoms with Gasteiger partial charge in [-0.15, -0.1) is 0 Å². The number of piperidine rings is 1. The van der Waals surface area contributed by atoms with E-state index in [-0.39, 0.29) is 17.6 Å². The Hall–Kier alpha value is -2.34. The van der Waals surface area contributed by atoms with Crippen LogP contribution in [0.2, 0.25) is 0 Å². The van der Waals surface area contributed by atoms with E-state index in [1.165, 1.54) is 0 Å². The Bertz CT molecular complexity index is 703. The number of hydrogen-bond donors (Lipinski definition) is 0. The summed E-state index contributed by atoms with van der Waals surface area (Å²) in [5, 5.41) is 0. The first-order chi connectivity index (χ1) is 12.2. The Kier molecular flexibility index (Phi) is 4.44. The third-order valence-electron chi connectivity index (χ3n) is 4.91. The summed E-state index contributed by atoms with van der Waals surface area (Å²) in [6, 6.07) is 7.40. The zero-order valence-electron chi connectivity index (χ0n) is 14.1. The lowest BCUT2D eigenvalue weighted by atomic mass is 9.89. The molecular formula is C19H22N2O4. The van der Waals surface area contributed by atoms with Crippen LogP contribution in [0.15, 0.2) is 47.3 Å². The molecular weight excluding hydrogens is 320 g/mol. The van der Waals surface area contributed by atoms with Crippen molar-refractivity contribution in [2.45, 2.75) is 37.4 Å². The highest BCUT2D eigenvalue weighted by atomic mass is 16.6. The van der Waals surface area contributed by atoms with Crippen molar-refractivity contribution < 1.29 is 18.7 Å². The zero-order chi connectivity index (χ0) is 17.1. The van der Waals surface area contributed by atoms with Gasteiger partial charge < -0.3 is 18.8 Å². The average Bonchev–Trinajstić information content (AvgIpc) is 3.26. The summed E-state index contributed by atoms with van der Waals surface area (Å²) in [5.74, 6) is 1.55. The number of carbonyl (C=O) groups excluding carboxylic acids is 1. The molecule has 0 unspecified atom stereocenters. The first kappa shape index (κ1) is 16.1. The van der Waals surface area contributed by atoms with Crippen molar-refractivity contribution in [1.29, 1.82) is 0 Å². The van der Waals surface area contributed by atoms with Crippen LogP contribution in [0, 0.1) is 0 Å². The molecule has 2 aliphatic rings. The Balaban J connectivity index is 1.36. The number of pyridine rings is 1. The molecule has 2 saturated heterocycles. The van der Waals surface area contributed by atoms with E-state index < -0.39 is 0 Å². The van der Waals surface area contributed by atoms with Gasteiger partial charge in [-0.05, 0) is 37.1 Å². The molecule has 0 radical (unpaired) electrons. The van der Waals surface area contributed by atoms with E-state index >= 15 is 0 Å². The summed E-state index contributed by atoms with van der Waals surface area (Å²) in [6.07, 6.45) is 8.05. The minimum atomic E-state index is -0.288. The second-order valence-corrected chi connectivity index (χ2v) is 6.80. The highest BCUT2D eigenvalue weighted by Crippen LogP contribution is 2.36. The molecule has 0 aromatic carbocycles. The number of ether oxygens (including phenoxy) is 2. The van der Waals surface area contributed by atoms with Gasteiger partial charge in [0.15, 0.2) is 0 Å². The maximum Gasteiger partial charge on any atom is 0.230 e. The first-order valence-corrected chi connectivity index (χ1v) is 8.73. The average molecular weight is 342 g/mol. The number of rotatable bonds is 4. The molecule has 0 saturated carbocycles. The van der Waals surface area contributed by atoms with Gasteiger partial charge in [0.05, 0.1) is 31.1 Å². The number of carbonyl (C=O) groups is 1. The number of nitrogens with zero attached hydrogens (tertiary/aromatic N) is 2. The summed E-state index contributed by atoms with van der Waals surface area (Å²) in [6.45, 7) is 1.95. The minimum Gasteiger partial charge on any atom is -0.486 e. The van der Waals surface area contributed by atoms with Crippen LogP contribution < -0.4 is 4.74 Å². The molecule has 0 aliphatic carbocycles. The zero-order valence-corrected chi connectivity index (χ0v) is 14.1. The molecule has 4 rings (SSSR count). The van der Waals surface area contributed by atoms with Crippen LogP contribution in [-0.4, -0.2) is 47.2 Å². The lowest BCUT2D eigenvalue weighted by molar-refractivity contribution is -0.138. The Morgan fingerprint density at radius 2 is 2.36 bits per heavy atom. The monoisotopic (exact) mass is 342 g/mol. The van der Waals surface area contributed by atoms with Gasteiger partial charge in [0.2, 0.25) is 5.91 Å². The van der Waals surface area contributed by atoms with Gasteiger partial charge in [-0.2, -0.15) is 0 Å². The van der Waals surface area contributed by atoms with Crippen molar-refractivity contribution >= 4 is 5.91 Å². The Labute approximate surface area is 146 Å². The molecule has 6 heteroatoms. The van der Waals surface area contributed by atoms with Gasteiger partial charge in [-0.25, -0.2) is 0 Å². The van der Waals surface area contributed by atoms with Crippen LogP contribution in [0.5, 0.6) is 5.75 Å². The van der Waals surface area contributed by atoms with Gasteiger partial charge in [0, 0.05) is 25.7 Å². The van der Waals surface area contributed by atoms with E-state index in [1.54, 1.807) is 24.7 Å². The number of aromatic nitrogens is 1. The predicted molar refractivity (Wildman–Crippen MR) is 90.2 cm³/mol. The molecule has 4 heterocycles. The van der Waals surface area contributed by atoms with Crippen LogP contribution in [-0.2, 0) is 16.0 Å². The second kappa shape index (κ2) is 6.88. The molecule has 2 atom stereocenters. The molecule has 2 fully saturated rings. The van der Waals surface area contributed by atoms with Crippen molar-refractivity contribution in [1.82, 2.24) is 9.88 Å². The predicted octanol–water partition coefficient (Wildman–Crippen LogP) is 2.45. The topological polar surface area (TPSA) is 64.8 Å². The van der Waals surface area contributed by atoms with Crippen LogP contribution in [0.3, 0.4) is 0 Å². The third-order valence-corrected chi connectivity index (χ3v) is 4.91. The fourth-order valence-corrected chi connectivity index (χ4v) is 3.76. The van der Waals surface area contributed by atoms with Gasteiger partial charge in [0.25, 0.3) is 0 Å². The maximum atomic E-state index is 12.5. The molecule has 2 aromatic rings. The molecule has 132 valence electrons. The van der Waals surface area contributed by atoms with Crippen LogP contribution in [0.1, 0.15) is 25.0 Å². The Morgan fingerprint density at radius 1 is 1.40 bits per heavy atom. The highest BCUT2D eigenvalue weighted by Gasteiger charge is 2.45. The van der Waals surface area contributed by atoms with Gasteiger partial charge >= 0.3 is 0 Å². The molecule has 0 N–H and O–H groups in total. The van der Waals surface area contributed by atoms with E-state index in [9.17, 15) is 4.79 Å². The number of likely N-dealkylation sites (tertiary alicyclic amines) is 1. The Morgan fingerprint density at radius 3 is 3.16 bits per heavy atom. The summed E-state index contributed by atoms with van der Waals surface area (Å²) in [4.78, 5) is 18.5. The van der Waals surface area contributed by atoms with Gasteiger partial charge in [0.1, 0.15) is 17.6 Å². The van der Waals surface area contributed by atoms with E-state index in [0.29, 0.717) is 25.3 Å². The second-order valence-electron chi connectivity index (χ2n) is 6.80. The van der Waals surface area contributed by atoms with Gasteiger partial charge in [-0.3, -0.25) is 9.78 Å². The fraction of sp³-hybridized carbons (Fsp3) is 0.474. The van der Waals surface area contributed by atoms with E-state index in [2.05, 4.69) is 4.98 Å². The SMILES string of the molecule is O=C(Cc1ccco1)N1CCC[C@]2(C[C@@H](Oc3cccnc3)CO2)C1. The molecule has 6 nitrogen and oxygen atoms in total. The highest BCUT2D eigenvalue weighted by molar-refractivity contribution is 5.78. The van der Waals surface area contributed by atoms with Crippen molar-refractivity contribution in [3.05, 3.63) is 48.7 Å². The minimum absolute atomic E-state index is 0.00401. The number of hydrogen-bond acceptors (Lipinski definition) is 5. The standard InChI is InChI=1S/C19H22N2O4/c22-18(10-15-5-2-9-23-15)21-8-3-6-19(14-21)11-17(13-24-19)25-16-4-1-7-20-12-16/h1-2,4-5,7,9,12,17H,3,6,8,10-11,13-14H2/t17-,19+/m1/s1. The van der Waals surface area contributed by atoms with E-state index in [0.717, 1.165) is 31.6 Å². The normalized spacial score (nSPS) is 26.1. The largest absolute Gasteiger partial charge is 0.486 e. The van der Waals surface area contributed by atoms with Crippen LogP contribution in [0.25, 0.3) is 0 Å². The fourth-order valence-electron chi connectivity index (χ4n) is 3.76. The molecule has 2 aromatic heterocycles. The van der Waals surface area contributed by atoms with Crippen LogP contribution in [0.4, 0.5) is 0 Å². The molecule has 1 spiro atoms. The quantitative estimate of drug-likeness (QED) is 0.854. The van der Waals surface area contributed by atoms with Crippen molar-refractivity contribution in [3.63, 3.8) is 0 Å². The first-order valence-electron chi connectivity index (χ1n) is 8.73. The summed E-state index contributed by atoms with van der Waals surface area (Å²) in [7, 11) is 0. The molecule has 0 bridgehead atoms. The third kappa shape index (κ3) is 3.69. The summed E-state index contributed by atoms with van der Waals surface area (Å²) < 4.78 is 17.4. The van der Waals surface area contributed by atoms with E-state index in [4.69, 9.17) is 13.9 Å². The van der Waals surface area contributed by atoms with E-state index in [1.807, 2.05) is 23.1 Å². The number of amides is 1. The van der Waals surface area contributed by atoms with Crippen molar-refractivity contribution in [2.75, 3.05) is 19.7 Å². The molecule has 1 amide bonds. The molecule has 2 aliphatic heterocycles. The smallest absolute Gasteiger partial charge is 0.230 e. The van der Waals surface area contributed by atoms with Crippen LogP contribution >= 0.6 is 0 Å². The summed E-state index contributed by atoms with van der Waals surface area (Å²) in [5.41, 5.74) is -0.288. The maximum absolute atomic E-state index is 12.5. The van der Waals surface area contributed by atoms with Crippen molar-refractivity contribution in [3.8, 4) is 5.75 Å². The van der Waals surface area contributed by atoms with Gasteiger partial charge in [-0.1, -0.05) is 0 Å². The van der Waals surface area contributed by atoms with Crippen molar-refractivity contribution in [2.24, 2.45) is 0 Å². The molecule has 25 heavy (non-hydrogen) atoms. The summed E-state index contributed by atoms with van der Waals surface area (Å²) >= 11 is 0. The lowest BCUT2D eigenvalue weighted by Gasteiger charge is -2.39. The lowest BCUT2D eigenvalue weighted by Crippen LogP contribution is -2.50. The number of furan rings is 1.